The summed E-state index contributed by atoms with van der Waals surface area (Å²) < 4.78 is 15.3. The van der Waals surface area contributed by atoms with Gasteiger partial charge < -0.3 is 10.6 Å². The van der Waals surface area contributed by atoms with Crippen molar-refractivity contribution in [3.63, 3.8) is 0 Å². The first-order chi connectivity index (χ1) is 18.7. The Kier molecular flexibility index (Phi) is 6.74. The van der Waals surface area contributed by atoms with Crippen LogP contribution in [0.1, 0.15) is 45.8 Å². The van der Waals surface area contributed by atoms with Gasteiger partial charge in [0.05, 0.1) is 5.54 Å². The number of benzene rings is 3. The molecule has 2 amide bonds. The van der Waals surface area contributed by atoms with Gasteiger partial charge in [-0.25, -0.2) is 9.37 Å². The second-order valence-electron chi connectivity index (χ2n) is 10.0. The van der Waals surface area contributed by atoms with Crippen LogP contribution < -0.4 is 10.6 Å². The van der Waals surface area contributed by atoms with Crippen LogP contribution in [0.5, 0.6) is 0 Å². The largest absolute Gasteiger partial charge is 0.354 e. The van der Waals surface area contributed by atoms with Gasteiger partial charge in [-0.3, -0.25) is 14.0 Å². The van der Waals surface area contributed by atoms with E-state index in [0.717, 1.165) is 22.3 Å². The minimum absolute atomic E-state index is 0.182. The summed E-state index contributed by atoms with van der Waals surface area (Å²) in [6.45, 7) is 5.93. The number of hydrogen-bond acceptors (Lipinski definition) is 3. The zero-order valence-electron chi connectivity index (χ0n) is 22.2. The van der Waals surface area contributed by atoms with E-state index in [2.05, 4.69) is 15.6 Å². The maximum absolute atomic E-state index is 13.5. The highest BCUT2D eigenvalue weighted by Gasteiger charge is 2.24. The van der Waals surface area contributed by atoms with Gasteiger partial charge in [0.1, 0.15) is 22.9 Å². The van der Waals surface area contributed by atoms with Crippen LogP contribution in [0.15, 0.2) is 91.1 Å². The van der Waals surface area contributed by atoms with Crippen molar-refractivity contribution in [2.24, 2.45) is 0 Å². The highest BCUT2D eigenvalue weighted by Crippen LogP contribution is 2.30. The molecular weight excluding hydrogens is 491 g/mol. The smallest absolute Gasteiger partial charge is 0.270 e. The fourth-order valence-electron chi connectivity index (χ4n) is 4.71. The molecule has 0 saturated heterocycles. The van der Waals surface area contributed by atoms with E-state index < -0.39 is 5.54 Å². The van der Waals surface area contributed by atoms with Crippen LogP contribution in [-0.4, -0.2) is 28.2 Å². The second-order valence-corrected chi connectivity index (χ2v) is 10.0. The predicted molar refractivity (Wildman–Crippen MR) is 151 cm³/mol. The van der Waals surface area contributed by atoms with E-state index in [1.807, 2.05) is 87.6 Å². The third-order valence-electron chi connectivity index (χ3n) is 6.91. The van der Waals surface area contributed by atoms with Crippen molar-refractivity contribution in [3.8, 4) is 22.4 Å². The van der Waals surface area contributed by atoms with Crippen molar-refractivity contribution in [2.45, 2.75) is 26.3 Å². The van der Waals surface area contributed by atoms with Crippen molar-refractivity contribution < 1.29 is 14.0 Å². The normalized spacial score (nSPS) is 11.4. The summed E-state index contributed by atoms with van der Waals surface area (Å²) in [6.07, 6.45) is 1.85. The van der Waals surface area contributed by atoms with Gasteiger partial charge in [-0.15, -0.1) is 0 Å². The molecule has 0 unspecified atom stereocenters. The zero-order chi connectivity index (χ0) is 27.7. The Morgan fingerprint density at radius 1 is 0.872 bits per heavy atom. The van der Waals surface area contributed by atoms with Gasteiger partial charge in [0, 0.05) is 24.4 Å². The van der Waals surface area contributed by atoms with E-state index in [9.17, 15) is 14.0 Å². The molecule has 0 bridgehead atoms. The summed E-state index contributed by atoms with van der Waals surface area (Å²) in [5.41, 5.74) is 5.67. The molecule has 2 N–H and O–H groups in total. The highest BCUT2D eigenvalue weighted by atomic mass is 19.1. The monoisotopic (exact) mass is 520 g/mol. The second kappa shape index (κ2) is 10.2. The van der Waals surface area contributed by atoms with Gasteiger partial charge in [0.15, 0.2) is 0 Å². The van der Waals surface area contributed by atoms with Crippen LogP contribution >= 0.6 is 0 Å². The molecule has 0 aliphatic heterocycles. The number of amides is 2. The molecule has 2 heterocycles. The standard InChI is InChI=1S/C32H29FN4O2/c1-20-10-11-22(30(38)36-32(2,3)24-8-6-5-7-9-24)18-26(20)23-14-17-27-35-28(21-12-15-25(33)16-13-21)29(31(39)34-4)37(27)19-23/h5-19H,1-4H3,(H,34,39)(H,36,38). The SMILES string of the molecule is CNC(=O)c1c(-c2ccc(F)cc2)nc2ccc(-c3cc(C(=O)NC(C)(C)c4ccccc4)ccc3C)cn12. The molecule has 0 aliphatic rings. The minimum atomic E-state index is -0.557. The number of hydrogen-bond donors (Lipinski definition) is 2. The van der Waals surface area contributed by atoms with Crippen LogP contribution in [0.3, 0.4) is 0 Å². The molecule has 0 aliphatic carbocycles. The fourth-order valence-corrected chi connectivity index (χ4v) is 4.71. The number of halogens is 1. The first kappa shape index (κ1) is 25.9. The minimum Gasteiger partial charge on any atom is -0.354 e. The Hall–Kier alpha value is -4.78. The van der Waals surface area contributed by atoms with E-state index in [0.29, 0.717) is 28.2 Å². The third-order valence-corrected chi connectivity index (χ3v) is 6.91. The molecule has 0 saturated carbocycles. The number of nitrogens with zero attached hydrogens (tertiary/aromatic N) is 2. The number of imidazole rings is 1. The van der Waals surface area contributed by atoms with Gasteiger partial charge in [-0.1, -0.05) is 36.4 Å². The Bertz CT molecular complexity index is 1690. The molecule has 6 nitrogen and oxygen atoms in total. The van der Waals surface area contributed by atoms with Gasteiger partial charge >= 0.3 is 0 Å². The van der Waals surface area contributed by atoms with Crippen LogP contribution in [-0.2, 0) is 5.54 Å². The summed E-state index contributed by atoms with van der Waals surface area (Å²) in [4.78, 5) is 30.9. The van der Waals surface area contributed by atoms with Crippen molar-refractivity contribution in [1.82, 2.24) is 20.0 Å². The molecular formula is C32H29FN4O2. The summed E-state index contributed by atoms with van der Waals surface area (Å²) in [7, 11) is 1.56. The lowest BCUT2D eigenvalue weighted by Gasteiger charge is -2.27. The Labute approximate surface area is 226 Å². The topological polar surface area (TPSA) is 75.5 Å². The van der Waals surface area contributed by atoms with Gasteiger partial charge in [-0.05, 0) is 91.6 Å². The average Bonchev–Trinajstić information content (AvgIpc) is 3.32. The number of nitrogens with one attached hydrogen (secondary N) is 2. The molecule has 5 rings (SSSR count). The van der Waals surface area contributed by atoms with E-state index in [1.54, 1.807) is 23.6 Å². The molecule has 0 spiro atoms. The summed E-state index contributed by atoms with van der Waals surface area (Å²) in [6, 6.07) is 25.1. The van der Waals surface area contributed by atoms with Gasteiger partial charge in [0.2, 0.25) is 0 Å². The fraction of sp³-hybridized carbons (Fsp3) is 0.156. The Morgan fingerprint density at radius 2 is 1.56 bits per heavy atom. The molecule has 0 atom stereocenters. The summed E-state index contributed by atoms with van der Waals surface area (Å²) in [5.74, 6) is -0.858. The molecule has 39 heavy (non-hydrogen) atoms. The molecule has 2 aromatic heterocycles. The van der Waals surface area contributed by atoms with E-state index >= 15 is 0 Å². The van der Waals surface area contributed by atoms with E-state index in [4.69, 9.17) is 0 Å². The molecule has 196 valence electrons. The van der Waals surface area contributed by atoms with Gasteiger partial charge in [-0.2, -0.15) is 0 Å². The molecule has 7 heteroatoms. The lowest BCUT2D eigenvalue weighted by molar-refractivity contribution is 0.0910. The first-order valence-corrected chi connectivity index (χ1v) is 12.7. The quantitative estimate of drug-likeness (QED) is 0.282. The number of fused-ring (bicyclic) bond motifs is 1. The summed E-state index contributed by atoms with van der Waals surface area (Å²) >= 11 is 0. The summed E-state index contributed by atoms with van der Waals surface area (Å²) in [5, 5.41) is 5.82. The van der Waals surface area contributed by atoms with Crippen LogP contribution in [0.25, 0.3) is 28.0 Å². The first-order valence-electron chi connectivity index (χ1n) is 12.7. The Morgan fingerprint density at radius 3 is 2.26 bits per heavy atom. The van der Waals surface area contributed by atoms with E-state index in [1.165, 1.54) is 12.1 Å². The molecule has 0 radical (unpaired) electrons. The van der Waals surface area contributed by atoms with E-state index in [-0.39, 0.29) is 17.6 Å². The average molecular weight is 521 g/mol. The number of rotatable bonds is 6. The van der Waals surface area contributed by atoms with Crippen molar-refractivity contribution in [2.75, 3.05) is 7.05 Å². The maximum atomic E-state index is 13.5. The lowest BCUT2D eigenvalue weighted by atomic mass is 9.93. The number of aromatic nitrogens is 2. The number of carbonyl (C=O) groups is 2. The molecule has 0 fully saturated rings. The number of carbonyl (C=O) groups excluding carboxylic acids is 2. The highest BCUT2D eigenvalue weighted by molar-refractivity contribution is 6.00. The van der Waals surface area contributed by atoms with Crippen LogP contribution in [0.4, 0.5) is 4.39 Å². The van der Waals surface area contributed by atoms with Gasteiger partial charge in [0.25, 0.3) is 11.8 Å². The maximum Gasteiger partial charge on any atom is 0.270 e. The molecule has 3 aromatic carbocycles. The van der Waals surface area contributed by atoms with Crippen molar-refractivity contribution in [1.29, 1.82) is 0 Å². The zero-order valence-corrected chi connectivity index (χ0v) is 22.2. The van der Waals surface area contributed by atoms with Crippen LogP contribution in [0, 0.1) is 12.7 Å². The molecule has 5 aromatic rings. The number of pyridine rings is 1. The third kappa shape index (κ3) is 5.03. The number of aryl methyl sites for hydroxylation is 1. The predicted octanol–water partition coefficient (Wildman–Crippen LogP) is 6.14. The lowest BCUT2D eigenvalue weighted by Crippen LogP contribution is -2.40. The van der Waals surface area contributed by atoms with Crippen LogP contribution in [0.2, 0.25) is 0 Å². The Balaban J connectivity index is 1.55. The van der Waals surface area contributed by atoms with Crippen molar-refractivity contribution >= 4 is 17.5 Å². The van der Waals surface area contributed by atoms with Crippen molar-refractivity contribution in [3.05, 3.63) is 119 Å².